The van der Waals surface area contributed by atoms with Gasteiger partial charge in [-0.3, -0.25) is 4.79 Å². The Labute approximate surface area is 140 Å². The zero-order valence-corrected chi connectivity index (χ0v) is 14.0. The van der Waals surface area contributed by atoms with Gasteiger partial charge in [0.25, 0.3) is 0 Å². The molecular formula is C18H22FNO4. The molecule has 6 heteroatoms. The fraction of sp³-hybridized carbons (Fsp3) is 0.500. The Bertz CT molecular complexity index is 741. The van der Waals surface area contributed by atoms with Crippen molar-refractivity contribution >= 4 is 12.0 Å². The van der Waals surface area contributed by atoms with Crippen LogP contribution in [0, 0.1) is 17.3 Å². The van der Waals surface area contributed by atoms with Gasteiger partial charge in [0.2, 0.25) is 11.8 Å². The molecule has 1 saturated carbocycles. The van der Waals surface area contributed by atoms with Crippen LogP contribution < -0.4 is 0 Å². The van der Waals surface area contributed by atoms with Crippen molar-refractivity contribution in [2.24, 2.45) is 17.3 Å². The third-order valence-corrected chi connectivity index (χ3v) is 5.10. The van der Waals surface area contributed by atoms with E-state index in [1.807, 2.05) is 19.9 Å². The van der Waals surface area contributed by atoms with E-state index in [1.54, 1.807) is 6.08 Å². The van der Waals surface area contributed by atoms with E-state index in [1.165, 1.54) is 17.6 Å². The predicted octanol–water partition coefficient (Wildman–Crippen LogP) is 3.50. The summed E-state index contributed by atoms with van der Waals surface area (Å²) in [5.41, 5.74) is 0.870. The molecule has 24 heavy (non-hydrogen) atoms. The molecule has 2 atom stereocenters. The molecule has 0 amide bonds. The number of hydrogen-bond acceptors (Lipinski definition) is 4. The number of halogens is 1. The number of nitrogens with zero attached hydrogens (tertiary/aromatic N) is 1. The molecular weight excluding hydrogens is 313 g/mol. The number of fused-ring (bicyclic) bond motifs is 1. The number of ether oxygens (including phenoxy) is 1. The van der Waals surface area contributed by atoms with Crippen LogP contribution in [-0.2, 0) is 22.7 Å². The largest absolute Gasteiger partial charge is 0.494 e. The molecule has 1 unspecified atom stereocenters. The summed E-state index contributed by atoms with van der Waals surface area (Å²) in [6, 6.07) is 0. The molecule has 0 aromatic carbocycles. The van der Waals surface area contributed by atoms with Crippen molar-refractivity contribution in [2.45, 2.75) is 40.3 Å². The Morgan fingerprint density at radius 2 is 2.17 bits per heavy atom. The molecule has 3 rings (SSSR count). The highest BCUT2D eigenvalue weighted by Crippen LogP contribution is 2.60. The van der Waals surface area contributed by atoms with E-state index >= 15 is 0 Å². The van der Waals surface area contributed by atoms with Gasteiger partial charge in [-0.25, -0.2) is 8.96 Å². The third-order valence-electron chi connectivity index (χ3n) is 5.10. The molecule has 1 aromatic rings. The lowest BCUT2D eigenvalue weighted by Gasteiger charge is -2.09. The van der Waals surface area contributed by atoms with Crippen LogP contribution in [0.1, 0.15) is 38.3 Å². The monoisotopic (exact) mass is 335 g/mol. The summed E-state index contributed by atoms with van der Waals surface area (Å²) in [6.45, 7) is 4.86. The fourth-order valence-corrected chi connectivity index (χ4v) is 3.54. The summed E-state index contributed by atoms with van der Waals surface area (Å²) in [5, 5.41) is 20.4. The Hall–Kier alpha value is -2.24. The standard InChI is InChI=1S/C18H22FNO4/c1-10(19)8-13-14(18(13,2)3)17(23)24-9-20-15(21)11-6-4-5-7-12(11)16(20)22/h4,6,8,13-14,21-22H,5,7,9H2,1-3H3/t13?,14-/m0/s1. The van der Waals surface area contributed by atoms with E-state index in [2.05, 4.69) is 0 Å². The topological polar surface area (TPSA) is 71.7 Å². The third kappa shape index (κ3) is 2.60. The number of allylic oxidation sites excluding steroid dienone is 3. The number of hydrogen-bond donors (Lipinski definition) is 2. The summed E-state index contributed by atoms with van der Waals surface area (Å²) < 4.78 is 19.5. The van der Waals surface area contributed by atoms with Gasteiger partial charge in [-0.1, -0.05) is 26.0 Å². The Morgan fingerprint density at radius 1 is 1.46 bits per heavy atom. The first-order chi connectivity index (χ1) is 11.2. The Kier molecular flexibility index (Phi) is 3.94. The van der Waals surface area contributed by atoms with E-state index in [0.29, 0.717) is 17.5 Å². The molecule has 0 spiro atoms. The first-order valence-corrected chi connectivity index (χ1v) is 8.05. The van der Waals surface area contributed by atoms with Crippen LogP contribution in [0.4, 0.5) is 4.39 Å². The van der Waals surface area contributed by atoms with Crippen LogP contribution in [0.5, 0.6) is 11.8 Å². The van der Waals surface area contributed by atoms with Crippen LogP contribution in [-0.4, -0.2) is 20.7 Å². The maximum Gasteiger partial charge on any atom is 0.311 e. The van der Waals surface area contributed by atoms with Crippen molar-refractivity contribution in [2.75, 3.05) is 0 Å². The van der Waals surface area contributed by atoms with Crippen molar-refractivity contribution in [1.82, 2.24) is 4.57 Å². The molecule has 0 aliphatic heterocycles. The minimum atomic E-state index is -0.455. The van der Waals surface area contributed by atoms with Gasteiger partial charge < -0.3 is 14.9 Å². The molecule has 130 valence electrons. The molecule has 0 radical (unpaired) electrons. The van der Waals surface area contributed by atoms with E-state index in [9.17, 15) is 19.4 Å². The highest BCUT2D eigenvalue weighted by molar-refractivity contribution is 5.78. The minimum Gasteiger partial charge on any atom is -0.494 e. The lowest BCUT2D eigenvalue weighted by Crippen LogP contribution is -2.13. The van der Waals surface area contributed by atoms with Gasteiger partial charge in [0.15, 0.2) is 6.73 Å². The quantitative estimate of drug-likeness (QED) is 0.826. The van der Waals surface area contributed by atoms with Crippen LogP contribution in [0.25, 0.3) is 6.08 Å². The van der Waals surface area contributed by atoms with Crippen LogP contribution in [0.2, 0.25) is 0 Å². The molecule has 1 heterocycles. The van der Waals surface area contributed by atoms with Gasteiger partial charge in [-0.05, 0) is 37.2 Å². The summed E-state index contributed by atoms with van der Waals surface area (Å²) >= 11 is 0. The van der Waals surface area contributed by atoms with Crippen molar-refractivity contribution < 1.29 is 24.1 Å². The average molecular weight is 335 g/mol. The van der Waals surface area contributed by atoms with Gasteiger partial charge in [0.1, 0.15) is 0 Å². The van der Waals surface area contributed by atoms with E-state index in [4.69, 9.17) is 4.74 Å². The van der Waals surface area contributed by atoms with Crippen molar-refractivity contribution in [1.29, 1.82) is 0 Å². The number of aromatic nitrogens is 1. The summed E-state index contributed by atoms with van der Waals surface area (Å²) in [6.07, 6.45) is 6.53. The first-order valence-electron chi connectivity index (χ1n) is 8.05. The van der Waals surface area contributed by atoms with Crippen molar-refractivity contribution in [3.05, 3.63) is 29.1 Å². The molecule has 1 aromatic heterocycles. The van der Waals surface area contributed by atoms with Crippen LogP contribution >= 0.6 is 0 Å². The van der Waals surface area contributed by atoms with E-state index < -0.39 is 11.9 Å². The van der Waals surface area contributed by atoms with Gasteiger partial charge in [0, 0.05) is 11.1 Å². The van der Waals surface area contributed by atoms with Crippen LogP contribution in [0.15, 0.2) is 18.0 Å². The highest BCUT2D eigenvalue weighted by Gasteiger charge is 2.61. The van der Waals surface area contributed by atoms with Gasteiger partial charge in [-0.2, -0.15) is 0 Å². The average Bonchev–Trinajstić information content (AvgIpc) is 2.96. The first kappa shape index (κ1) is 16.6. The van der Waals surface area contributed by atoms with Crippen molar-refractivity contribution in [3.63, 3.8) is 0 Å². The number of rotatable bonds is 4. The minimum absolute atomic E-state index is 0.0780. The second-order valence-corrected chi connectivity index (χ2v) is 7.08. The smallest absolute Gasteiger partial charge is 0.311 e. The summed E-state index contributed by atoms with van der Waals surface area (Å²) in [4.78, 5) is 12.3. The molecule has 1 fully saturated rings. The highest BCUT2D eigenvalue weighted by atomic mass is 19.1. The van der Waals surface area contributed by atoms with E-state index in [0.717, 1.165) is 6.42 Å². The molecule has 0 saturated heterocycles. The normalized spacial score (nSPS) is 24.6. The predicted molar refractivity (Wildman–Crippen MR) is 86.8 cm³/mol. The van der Waals surface area contributed by atoms with Gasteiger partial charge in [0.05, 0.1) is 11.7 Å². The summed E-state index contributed by atoms with van der Waals surface area (Å²) in [7, 11) is 0. The van der Waals surface area contributed by atoms with E-state index in [-0.39, 0.29) is 35.7 Å². The lowest BCUT2D eigenvalue weighted by atomic mass is 10.0. The Balaban J connectivity index is 1.71. The number of carbonyl (C=O) groups excluding carboxylic acids is 1. The Morgan fingerprint density at radius 3 is 2.79 bits per heavy atom. The summed E-state index contributed by atoms with van der Waals surface area (Å²) in [5.74, 6) is -1.58. The SMILES string of the molecule is CC(F)=CC1[C@@H](C(=O)OCn2c(O)c3c(c2O)CCC=C3)C1(C)C. The maximum absolute atomic E-state index is 13.1. The van der Waals surface area contributed by atoms with Crippen LogP contribution in [0.3, 0.4) is 0 Å². The molecule has 0 bridgehead atoms. The maximum atomic E-state index is 13.1. The molecule has 2 N–H and O–H groups in total. The molecule has 5 nitrogen and oxygen atoms in total. The second kappa shape index (κ2) is 5.69. The fourth-order valence-electron chi connectivity index (χ4n) is 3.54. The van der Waals surface area contributed by atoms with Gasteiger partial charge >= 0.3 is 5.97 Å². The number of aromatic hydroxyl groups is 2. The number of carbonyl (C=O) groups is 1. The molecule has 2 aliphatic carbocycles. The van der Waals surface area contributed by atoms with Gasteiger partial charge in [-0.15, -0.1) is 0 Å². The molecule has 2 aliphatic rings. The zero-order chi connectivity index (χ0) is 17.6. The lowest BCUT2D eigenvalue weighted by molar-refractivity contribution is -0.150. The zero-order valence-electron chi connectivity index (χ0n) is 14.0. The second-order valence-electron chi connectivity index (χ2n) is 7.08. The van der Waals surface area contributed by atoms with Crippen molar-refractivity contribution in [3.8, 4) is 11.8 Å². The number of esters is 1.